The van der Waals surface area contributed by atoms with Gasteiger partial charge in [0.25, 0.3) is 0 Å². The Bertz CT molecular complexity index is 139. The van der Waals surface area contributed by atoms with E-state index in [1.165, 1.54) is 0 Å². The second-order valence-electron chi connectivity index (χ2n) is 3.69. The smallest absolute Gasteiger partial charge is 0.319 e. The molecule has 0 aromatic rings. The van der Waals surface area contributed by atoms with Crippen molar-refractivity contribution in [2.75, 3.05) is 14.1 Å². The molecule has 13 heavy (non-hydrogen) atoms. The summed E-state index contributed by atoms with van der Waals surface area (Å²) < 4.78 is 0. The second-order valence-corrected chi connectivity index (χ2v) is 3.69. The molecule has 0 heterocycles. The number of hydrogen-bond donors (Lipinski definition) is 0. The molecule has 2 amide bonds. The molecule has 0 aliphatic rings. The predicted molar refractivity (Wildman–Crippen MR) is 57.9 cm³/mol. The van der Waals surface area contributed by atoms with Gasteiger partial charge in [-0.25, -0.2) is 4.79 Å². The van der Waals surface area contributed by atoms with E-state index in [1.807, 2.05) is 41.8 Å². The van der Waals surface area contributed by atoms with E-state index >= 15 is 0 Å². The van der Waals surface area contributed by atoms with Crippen molar-refractivity contribution in [1.82, 2.24) is 9.80 Å². The summed E-state index contributed by atoms with van der Waals surface area (Å²) in [5, 5.41) is 0. The molecule has 3 nitrogen and oxygen atoms in total. The Morgan fingerprint density at radius 1 is 0.923 bits per heavy atom. The molecule has 0 bridgehead atoms. The largest absolute Gasteiger partial charge is 0.325 e. The molecule has 80 valence electrons. The first-order valence-corrected chi connectivity index (χ1v) is 4.37. The van der Waals surface area contributed by atoms with Gasteiger partial charge in [-0.3, -0.25) is 0 Å². The fraction of sp³-hybridized carbons (Fsp3) is 0.900. The van der Waals surface area contributed by atoms with E-state index in [9.17, 15) is 4.79 Å². The number of hydrogen-bond acceptors (Lipinski definition) is 1. The van der Waals surface area contributed by atoms with Crippen LogP contribution in [0.25, 0.3) is 0 Å². The van der Waals surface area contributed by atoms with Gasteiger partial charge < -0.3 is 9.80 Å². The Balaban J connectivity index is 0. The number of amides is 2. The Labute approximate surface area is 82.7 Å². The summed E-state index contributed by atoms with van der Waals surface area (Å²) in [6.07, 6.45) is 0. The number of rotatable bonds is 2. The first-order chi connectivity index (χ1) is 5.37. The normalized spacial score (nSPS) is 9.85. The molecular weight excluding hydrogens is 164 g/mol. The first kappa shape index (κ1) is 14.8. The van der Waals surface area contributed by atoms with Crippen LogP contribution in [-0.4, -0.2) is 42.0 Å². The zero-order valence-corrected chi connectivity index (χ0v) is 8.96. The zero-order chi connectivity index (χ0) is 9.89. The van der Waals surface area contributed by atoms with Crippen molar-refractivity contribution in [2.24, 2.45) is 0 Å². The van der Waals surface area contributed by atoms with Crippen LogP contribution < -0.4 is 0 Å². The highest BCUT2D eigenvalue weighted by atomic mass is 16.2. The number of urea groups is 1. The van der Waals surface area contributed by atoms with E-state index < -0.39 is 0 Å². The average molecular weight is 188 g/mol. The van der Waals surface area contributed by atoms with Crippen LogP contribution in [0.1, 0.15) is 35.1 Å². The summed E-state index contributed by atoms with van der Waals surface area (Å²) >= 11 is 0. The van der Waals surface area contributed by atoms with Gasteiger partial charge in [0.05, 0.1) is 0 Å². The van der Waals surface area contributed by atoms with Gasteiger partial charge in [0, 0.05) is 26.2 Å². The third kappa shape index (κ3) is 4.15. The lowest BCUT2D eigenvalue weighted by Gasteiger charge is -2.30. The minimum atomic E-state index is 0. The molecule has 0 rings (SSSR count). The molecule has 0 aliphatic carbocycles. The van der Waals surface area contributed by atoms with Crippen LogP contribution in [0.5, 0.6) is 0 Å². The Morgan fingerprint density at radius 3 is 1.31 bits per heavy atom. The lowest BCUT2D eigenvalue weighted by atomic mass is 10.3. The van der Waals surface area contributed by atoms with Crippen molar-refractivity contribution in [1.29, 1.82) is 0 Å². The third-order valence-corrected chi connectivity index (χ3v) is 2.15. The van der Waals surface area contributed by atoms with Gasteiger partial charge >= 0.3 is 6.03 Å². The molecule has 0 aliphatic heterocycles. The summed E-state index contributed by atoms with van der Waals surface area (Å²) in [6, 6.07) is 0.609. The number of carbonyl (C=O) groups excluding carboxylic acids is 1. The minimum absolute atomic E-state index is 0. The Hall–Kier alpha value is -0.730. The van der Waals surface area contributed by atoms with E-state index in [4.69, 9.17) is 0 Å². The van der Waals surface area contributed by atoms with Crippen LogP contribution in [0.2, 0.25) is 0 Å². The van der Waals surface area contributed by atoms with Gasteiger partial charge in [0.15, 0.2) is 0 Å². The van der Waals surface area contributed by atoms with Crippen molar-refractivity contribution in [3.63, 3.8) is 0 Å². The summed E-state index contributed by atoms with van der Waals surface area (Å²) in [4.78, 5) is 15.0. The van der Waals surface area contributed by atoms with Crippen molar-refractivity contribution in [3.05, 3.63) is 0 Å². The highest BCUT2D eigenvalue weighted by Crippen LogP contribution is 2.02. The van der Waals surface area contributed by atoms with Crippen LogP contribution in [0.15, 0.2) is 0 Å². The summed E-state index contributed by atoms with van der Waals surface area (Å²) in [5.74, 6) is 0. The average Bonchev–Trinajstić information content (AvgIpc) is 2.00. The summed E-state index contributed by atoms with van der Waals surface area (Å²) in [7, 11) is 3.65. The van der Waals surface area contributed by atoms with Crippen LogP contribution in [0, 0.1) is 0 Å². The standard InChI is InChI=1S/C9H20N2O.CH4/c1-7(2)10(5)9(12)11(6)8(3)4;/h7-8H,1-6H3;1H4. The van der Waals surface area contributed by atoms with Crippen LogP contribution in [-0.2, 0) is 0 Å². The highest BCUT2D eigenvalue weighted by Gasteiger charge is 2.17. The fourth-order valence-electron chi connectivity index (χ4n) is 0.691. The molecule has 0 fully saturated rings. The first-order valence-electron chi connectivity index (χ1n) is 4.37. The lowest BCUT2D eigenvalue weighted by molar-refractivity contribution is 0.152. The number of nitrogens with zero attached hydrogens (tertiary/aromatic N) is 2. The molecular formula is C10H24N2O. The SMILES string of the molecule is C.CC(C)N(C)C(=O)N(C)C(C)C. The van der Waals surface area contributed by atoms with Crippen LogP contribution >= 0.6 is 0 Å². The van der Waals surface area contributed by atoms with Gasteiger partial charge in [-0.1, -0.05) is 7.43 Å². The molecule has 0 aromatic heterocycles. The summed E-state index contributed by atoms with van der Waals surface area (Å²) in [6.45, 7) is 8.02. The van der Waals surface area contributed by atoms with E-state index in [0.717, 1.165) is 0 Å². The molecule has 0 saturated heterocycles. The van der Waals surface area contributed by atoms with Gasteiger partial charge in [0.1, 0.15) is 0 Å². The van der Waals surface area contributed by atoms with E-state index in [2.05, 4.69) is 0 Å². The zero-order valence-electron chi connectivity index (χ0n) is 8.96. The molecule has 0 N–H and O–H groups in total. The van der Waals surface area contributed by atoms with Crippen molar-refractivity contribution in [2.45, 2.75) is 47.2 Å². The molecule has 3 heteroatoms. The van der Waals surface area contributed by atoms with Gasteiger partial charge in [-0.2, -0.15) is 0 Å². The van der Waals surface area contributed by atoms with E-state index in [-0.39, 0.29) is 25.5 Å². The monoisotopic (exact) mass is 188 g/mol. The summed E-state index contributed by atoms with van der Waals surface area (Å²) in [5.41, 5.74) is 0. The fourth-order valence-corrected chi connectivity index (χ4v) is 0.691. The number of carbonyl (C=O) groups is 1. The maximum Gasteiger partial charge on any atom is 0.319 e. The molecule has 0 radical (unpaired) electrons. The Kier molecular flexibility index (Phi) is 6.63. The van der Waals surface area contributed by atoms with Gasteiger partial charge in [-0.15, -0.1) is 0 Å². The maximum atomic E-state index is 11.6. The highest BCUT2D eigenvalue weighted by molar-refractivity contribution is 5.74. The molecule has 0 atom stereocenters. The molecule has 0 spiro atoms. The van der Waals surface area contributed by atoms with E-state index in [0.29, 0.717) is 0 Å². The third-order valence-electron chi connectivity index (χ3n) is 2.15. The van der Waals surface area contributed by atoms with Crippen LogP contribution in [0.3, 0.4) is 0 Å². The lowest BCUT2D eigenvalue weighted by Crippen LogP contribution is -2.45. The molecule has 0 unspecified atom stereocenters. The predicted octanol–water partition coefficient (Wildman–Crippen LogP) is 2.42. The maximum absolute atomic E-state index is 11.6. The van der Waals surface area contributed by atoms with Gasteiger partial charge in [0.2, 0.25) is 0 Å². The van der Waals surface area contributed by atoms with Gasteiger partial charge in [-0.05, 0) is 27.7 Å². The van der Waals surface area contributed by atoms with Crippen molar-refractivity contribution < 1.29 is 4.79 Å². The van der Waals surface area contributed by atoms with Crippen molar-refractivity contribution >= 4 is 6.03 Å². The quantitative estimate of drug-likeness (QED) is 0.653. The Morgan fingerprint density at radius 2 is 1.15 bits per heavy atom. The molecule has 0 aromatic carbocycles. The topological polar surface area (TPSA) is 23.6 Å². The molecule has 0 saturated carbocycles. The van der Waals surface area contributed by atoms with E-state index in [1.54, 1.807) is 9.80 Å². The second kappa shape index (κ2) is 5.84. The van der Waals surface area contributed by atoms with Crippen molar-refractivity contribution in [3.8, 4) is 0 Å². The van der Waals surface area contributed by atoms with Crippen LogP contribution in [0.4, 0.5) is 4.79 Å². The minimum Gasteiger partial charge on any atom is -0.325 e.